The summed E-state index contributed by atoms with van der Waals surface area (Å²) in [6.07, 6.45) is 2.27. The number of carbonyl (C=O) groups is 1. The maximum absolute atomic E-state index is 14.3. The highest BCUT2D eigenvalue weighted by atomic mass is 19.1. The second-order valence-corrected chi connectivity index (χ2v) is 5.04. The number of benzene rings is 1. The van der Waals surface area contributed by atoms with Gasteiger partial charge in [0.05, 0.1) is 13.2 Å². The van der Waals surface area contributed by atoms with E-state index in [0.717, 1.165) is 6.42 Å². The fourth-order valence-electron chi connectivity index (χ4n) is 2.19. The summed E-state index contributed by atoms with van der Waals surface area (Å²) in [7, 11) is 0. The Balaban J connectivity index is 1.99. The van der Waals surface area contributed by atoms with E-state index in [2.05, 4.69) is 4.98 Å². The van der Waals surface area contributed by atoms with Gasteiger partial charge in [0.15, 0.2) is 11.5 Å². The Labute approximate surface area is 140 Å². The Kier molecular flexibility index (Phi) is 6.81. The molecule has 0 bridgehead atoms. The third-order valence-electron chi connectivity index (χ3n) is 3.37. The maximum atomic E-state index is 14.3. The lowest BCUT2D eigenvalue weighted by Gasteiger charge is -2.07. The van der Waals surface area contributed by atoms with Crippen molar-refractivity contribution in [3.8, 4) is 16.9 Å². The molecule has 0 saturated carbocycles. The number of esters is 1. The Morgan fingerprint density at radius 3 is 2.54 bits per heavy atom. The minimum Gasteiger partial charge on any atom is -0.494 e. The summed E-state index contributed by atoms with van der Waals surface area (Å²) in [4.78, 5) is 14.3. The van der Waals surface area contributed by atoms with Crippen molar-refractivity contribution in [1.29, 1.82) is 0 Å². The first-order chi connectivity index (χ1) is 11.7. The van der Waals surface area contributed by atoms with Gasteiger partial charge in [-0.15, -0.1) is 0 Å². The quantitative estimate of drug-likeness (QED) is 0.559. The van der Waals surface area contributed by atoms with E-state index in [1.54, 1.807) is 31.2 Å². The van der Waals surface area contributed by atoms with Gasteiger partial charge >= 0.3 is 5.97 Å². The van der Waals surface area contributed by atoms with E-state index < -0.39 is 11.8 Å². The number of hydrogen-bond donors (Lipinski definition) is 1. The van der Waals surface area contributed by atoms with E-state index >= 15 is 0 Å². The Morgan fingerprint density at radius 1 is 1.12 bits per heavy atom. The number of H-pyrrole nitrogens is 1. The van der Waals surface area contributed by atoms with Gasteiger partial charge in [0, 0.05) is 31.4 Å². The summed E-state index contributed by atoms with van der Waals surface area (Å²) in [6, 6.07) is 7.04. The SMILES string of the molecule is CCOCCCOc1ccc(-c2c[nH]c(C(=O)OCC)c2F)cc1. The number of nitrogens with one attached hydrogen (secondary N) is 1. The van der Waals surface area contributed by atoms with Crippen LogP contribution in [-0.2, 0) is 9.47 Å². The van der Waals surface area contributed by atoms with Gasteiger partial charge in [-0.1, -0.05) is 12.1 Å². The molecule has 0 aliphatic carbocycles. The molecule has 5 nitrogen and oxygen atoms in total. The Bertz CT molecular complexity index is 652. The van der Waals surface area contributed by atoms with Crippen LogP contribution in [0.4, 0.5) is 4.39 Å². The molecule has 24 heavy (non-hydrogen) atoms. The molecular formula is C18H22FNO4. The highest BCUT2D eigenvalue weighted by Gasteiger charge is 2.19. The summed E-state index contributed by atoms with van der Waals surface area (Å²) in [5, 5.41) is 0. The lowest BCUT2D eigenvalue weighted by Crippen LogP contribution is -2.06. The van der Waals surface area contributed by atoms with Crippen LogP contribution in [-0.4, -0.2) is 37.4 Å². The highest BCUT2D eigenvalue weighted by Crippen LogP contribution is 2.27. The summed E-state index contributed by atoms with van der Waals surface area (Å²) >= 11 is 0. The number of hydrogen-bond acceptors (Lipinski definition) is 4. The molecule has 1 aromatic heterocycles. The first-order valence-electron chi connectivity index (χ1n) is 8.02. The van der Waals surface area contributed by atoms with Crippen LogP contribution in [0.3, 0.4) is 0 Å². The predicted molar refractivity (Wildman–Crippen MR) is 88.7 cm³/mol. The molecule has 2 aromatic rings. The van der Waals surface area contributed by atoms with Crippen molar-refractivity contribution in [2.75, 3.05) is 26.4 Å². The molecule has 130 valence electrons. The molecule has 0 atom stereocenters. The van der Waals surface area contributed by atoms with Gasteiger partial charge in [-0.25, -0.2) is 9.18 Å². The zero-order chi connectivity index (χ0) is 17.4. The second kappa shape index (κ2) is 9.08. The second-order valence-electron chi connectivity index (χ2n) is 5.04. The molecule has 0 aliphatic rings. The molecule has 1 heterocycles. The van der Waals surface area contributed by atoms with Crippen LogP contribution in [0, 0.1) is 5.82 Å². The van der Waals surface area contributed by atoms with Crippen molar-refractivity contribution in [3.05, 3.63) is 42.0 Å². The third-order valence-corrected chi connectivity index (χ3v) is 3.37. The molecule has 0 unspecified atom stereocenters. The van der Waals surface area contributed by atoms with Gasteiger partial charge < -0.3 is 19.2 Å². The number of rotatable bonds is 9. The maximum Gasteiger partial charge on any atom is 0.357 e. The zero-order valence-electron chi connectivity index (χ0n) is 13.9. The summed E-state index contributed by atoms with van der Waals surface area (Å²) < 4.78 is 30.0. The number of aromatic amines is 1. The molecule has 6 heteroatoms. The average Bonchev–Trinajstić information content (AvgIpc) is 2.97. The molecule has 0 fully saturated rings. The molecule has 1 aromatic carbocycles. The lowest BCUT2D eigenvalue weighted by molar-refractivity contribution is 0.0515. The van der Waals surface area contributed by atoms with E-state index in [0.29, 0.717) is 36.7 Å². The van der Waals surface area contributed by atoms with Crippen LogP contribution in [0.15, 0.2) is 30.5 Å². The van der Waals surface area contributed by atoms with E-state index in [1.807, 2.05) is 6.92 Å². The third kappa shape index (κ3) is 4.58. The number of carbonyl (C=O) groups excluding carboxylic acids is 1. The fourth-order valence-corrected chi connectivity index (χ4v) is 2.19. The number of aromatic nitrogens is 1. The van der Waals surface area contributed by atoms with Crippen molar-refractivity contribution < 1.29 is 23.4 Å². The number of halogens is 1. The Morgan fingerprint density at radius 2 is 1.88 bits per heavy atom. The monoisotopic (exact) mass is 335 g/mol. The normalized spacial score (nSPS) is 10.6. The Hall–Kier alpha value is -2.34. The summed E-state index contributed by atoms with van der Waals surface area (Å²) in [5.74, 6) is -0.605. The molecule has 0 amide bonds. The van der Waals surface area contributed by atoms with Gasteiger partial charge in [0.2, 0.25) is 0 Å². The average molecular weight is 335 g/mol. The first-order valence-corrected chi connectivity index (χ1v) is 8.02. The van der Waals surface area contributed by atoms with E-state index in [4.69, 9.17) is 14.2 Å². The molecule has 0 radical (unpaired) electrons. The van der Waals surface area contributed by atoms with E-state index in [9.17, 15) is 9.18 Å². The van der Waals surface area contributed by atoms with Crippen LogP contribution in [0.1, 0.15) is 30.8 Å². The van der Waals surface area contributed by atoms with Gasteiger partial charge in [0.1, 0.15) is 5.75 Å². The molecule has 0 aliphatic heterocycles. The van der Waals surface area contributed by atoms with Crippen LogP contribution in [0.5, 0.6) is 5.75 Å². The summed E-state index contributed by atoms with van der Waals surface area (Å²) in [6.45, 7) is 5.75. The van der Waals surface area contributed by atoms with Gasteiger partial charge in [0.25, 0.3) is 0 Å². The van der Waals surface area contributed by atoms with Crippen LogP contribution in [0.2, 0.25) is 0 Å². The molecule has 2 rings (SSSR count). The smallest absolute Gasteiger partial charge is 0.357 e. The standard InChI is InChI=1S/C18H22FNO4/c1-3-22-10-5-11-24-14-8-6-13(7-9-14)15-12-20-17(16(15)19)18(21)23-4-2/h6-9,12,20H,3-5,10-11H2,1-2H3. The van der Waals surface area contributed by atoms with Gasteiger partial charge in [-0.2, -0.15) is 0 Å². The molecule has 0 spiro atoms. The minimum atomic E-state index is -0.699. The van der Waals surface area contributed by atoms with E-state index in [1.165, 1.54) is 6.20 Å². The van der Waals surface area contributed by atoms with E-state index in [-0.39, 0.29) is 12.3 Å². The molecular weight excluding hydrogens is 313 g/mol. The topological polar surface area (TPSA) is 60.5 Å². The zero-order valence-corrected chi connectivity index (χ0v) is 13.9. The predicted octanol–water partition coefficient (Wildman–Crippen LogP) is 3.80. The number of ether oxygens (including phenoxy) is 3. The first kappa shape index (κ1) is 18.0. The van der Waals surface area contributed by atoms with Crippen LogP contribution < -0.4 is 4.74 Å². The molecule has 0 saturated heterocycles. The van der Waals surface area contributed by atoms with Crippen molar-refractivity contribution in [1.82, 2.24) is 4.98 Å². The van der Waals surface area contributed by atoms with Crippen molar-refractivity contribution in [2.45, 2.75) is 20.3 Å². The van der Waals surface area contributed by atoms with Crippen molar-refractivity contribution in [2.24, 2.45) is 0 Å². The van der Waals surface area contributed by atoms with Gasteiger partial charge in [-0.3, -0.25) is 0 Å². The molecule has 1 N–H and O–H groups in total. The largest absolute Gasteiger partial charge is 0.494 e. The lowest BCUT2D eigenvalue weighted by atomic mass is 10.1. The van der Waals surface area contributed by atoms with Crippen molar-refractivity contribution in [3.63, 3.8) is 0 Å². The van der Waals surface area contributed by atoms with Crippen LogP contribution >= 0.6 is 0 Å². The van der Waals surface area contributed by atoms with Gasteiger partial charge in [-0.05, 0) is 31.5 Å². The fraction of sp³-hybridized carbons (Fsp3) is 0.389. The highest BCUT2D eigenvalue weighted by molar-refractivity contribution is 5.90. The van der Waals surface area contributed by atoms with Crippen molar-refractivity contribution >= 4 is 5.97 Å². The van der Waals surface area contributed by atoms with Crippen LogP contribution in [0.25, 0.3) is 11.1 Å². The summed E-state index contributed by atoms with van der Waals surface area (Å²) in [5.41, 5.74) is 0.810. The minimum absolute atomic E-state index is 0.164.